The van der Waals surface area contributed by atoms with Crippen molar-refractivity contribution in [2.24, 2.45) is 0 Å². The van der Waals surface area contributed by atoms with E-state index < -0.39 is 18.1 Å². The van der Waals surface area contributed by atoms with E-state index in [2.05, 4.69) is 72.8 Å². The lowest BCUT2D eigenvalue weighted by atomic mass is 9.83. The SMILES string of the molecule is [2H]c1c([2H])c([2H])c(-c2ccc(-c3nc4c(-c5cc(-c6ccccn6)cc(C(C)(C)C)c5)cccc4n3-c3cccc4ccccc34)c(O)c2)c([2H])c1[2H]. The lowest BCUT2D eigenvalue weighted by Gasteiger charge is -2.21. The molecule has 0 radical (unpaired) electrons. The Bertz CT molecular complexity index is 2700. The van der Waals surface area contributed by atoms with Crippen LogP contribution in [0.3, 0.4) is 0 Å². The van der Waals surface area contributed by atoms with Gasteiger partial charge >= 0.3 is 0 Å². The second-order valence-corrected chi connectivity index (χ2v) is 12.9. The van der Waals surface area contributed by atoms with Crippen LogP contribution in [-0.4, -0.2) is 19.6 Å². The van der Waals surface area contributed by atoms with Crippen LogP contribution < -0.4 is 0 Å². The van der Waals surface area contributed by atoms with Gasteiger partial charge in [0.1, 0.15) is 11.6 Å². The van der Waals surface area contributed by atoms with Gasteiger partial charge in [-0.3, -0.25) is 9.55 Å². The third-order valence-electron chi connectivity index (χ3n) is 8.79. The molecule has 8 aromatic rings. The fraction of sp³-hybridized carbons (Fsp3) is 0.0909. The van der Waals surface area contributed by atoms with Crippen molar-refractivity contribution < 1.29 is 12.0 Å². The first kappa shape index (κ1) is 24.2. The predicted molar refractivity (Wildman–Crippen MR) is 198 cm³/mol. The van der Waals surface area contributed by atoms with Crippen molar-refractivity contribution in [3.8, 4) is 56.3 Å². The molecule has 4 heteroatoms. The summed E-state index contributed by atoms with van der Waals surface area (Å²) in [7, 11) is 0. The third-order valence-corrected chi connectivity index (χ3v) is 8.79. The average molecular weight is 627 g/mol. The molecular formula is C44H35N3O. The van der Waals surface area contributed by atoms with Gasteiger partial charge in [-0.25, -0.2) is 4.98 Å². The van der Waals surface area contributed by atoms with Crippen LogP contribution in [-0.2, 0) is 5.41 Å². The van der Waals surface area contributed by atoms with Crippen molar-refractivity contribution in [1.29, 1.82) is 0 Å². The molecule has 0 aliphatic rings. The molecule has 0 amide bonds. The van der Waals surface area contributed by atoms with E-state index in [1.165, 1.54) is 6.07 Å². The van der Waals surface area contributed by atoms with Crippen LogP contribution >= 0.6 is 0 Å². The van der Waals surface area contributed by atoms with E-state index in [1.807, 2.05) is 54.6 Å². The third kappa shape index (κ3) is 5.22. The Morgan fingerprint density at radius 3 is 2.23 bits per heavy atom. The number of phenols is 1. The van der Waals surface area contributed by atoms with Crippen molar-refractivity contribution in [1.82, 2.24) is 14.5 Å². The molecule has 0 bridgehead atoms. The summed E-state index contributed by atoms with van der Waals surface area (Å²) in [6.45, 7) is 6.58. The zero-order valence-corrected chi connectivity index (χ0v) is 26.8. The minimum Gasteiger partial charge on any atom is -0.507 e. The molecule has 0 aliphatic heterocycles. The number of aromatic hydroxyl groups is 1. The van der Waals surface area contributed by atoms with Crippen molar-refractivity contribution in [3.05, 3.63) is 157 Å². The van der Waals surface area contributed by atoms with Gasteiger partial charge in [-0.1, -0.05) is 118 Å². The Labute approximate surface area is 287 Å². The molecule has 0 saturated carbocycles. The van der Waals surface area contributed by atoms with Gasteiger partial charge in [0, 0.05) is 22.7 Å². The van der Waals surface area contributed by atoms with E-state index in [-0.39, 0.29) is 28.8 Å². The molecule has 0 aliphatic carbocycles. The number of benzene rings is 6. The van der Waals surface area contributed by atoms with Crippen LogP contribution in [0.15, 0.2) is 152 Å². The Hall–Kier alpha value is -6.00. The Morgan fingerprint density at radius 2 is 1.44 bits per heavy atom. The fourth-order valence-corrected chi connectivity index (χ4v) is 6.33. The van der Waals surface area contributed by atoms with Gasteiger partial charge in [-0.05, 0) is 81.6 Å². The molecule has 0 atom stereocenters. The smallest absolute Gasteiger partial charge is 0.149 e. The summed E-state index contributed by atoms with van der Waals surface area (Å²) in [5.41, 5.74) is 7.99. The minimum atomic E-state index is -0.468. The van der Waals surface area contributed by atoms with Gasteiger partial charge in [0.2, 0.25) is 0 Å². The number of hydrogen-bond donors (Lipinski definition) is 1. The topological polar surface area (TPSA) is 50.9 Å². The van der Waals surface area contributed by atoms with E-state index in [1.54, 1.807) is 18.3 Å². The first-order valence-corrected chi connectivity index (χ1v) is 15.9. The lowest BCUT2D eigenvalue weighted by Crippen LogP contribution is -2.11. The molecule has 0 saturated heterocycles. The van der Waals surface area contributed by atoms with Gasteiger partial charge in [-0.15, -0.1) is 0 Å². The second kappa shape index (κ2) is 11.7. The van der Waals surface area contributed by atoms with Crippen LogP contribution in [0, 0.1) is 0 Å². The number of aromatic nitrogens is 3. The Kier molecular flexibility index (Phi) is 5.88. The highest BCUT2D eigenvalue weighted by Crippen LogP contribution is 2.41. The summed E-state index contributed by atoms with van der Waals surface area (Å²) >= 11 is 0. The summed E-state index contributed by atoms with van der Waals surface area (Å²) in [6.07, 6.45) is 1.80. The molecular weight excluding hydrogens is 587 g/mol. The molecule has 0 unspecified atom stereocenters. The number of nitrogens with zero attached hydrogens (tertiary/aromatic N) is 3. The largest absolute Gasteiger partial charge is 0.507 e. The van der Waals surface area contributed by atoms with Crippen molar-refractivity contribution in [3.63, 3.8) is 0 Å². The molecule has 0 spiro atoms. The number of para-hydroxylation sites is 1. The quantitative estimate of drug-likeness (QED) is 0.207. The summed E-state index contributed by atoms with van der Waals surface area (Å²) in [6, 6.07) is 35.6. The van der Waals surface area contributed by atoms with Crippen molar-refractivity contribution in [2.45, 2.75) is 26.2 Å². The zero-order chi connectivity index (χ0) is 37.2. The molecule has 48 heavy (non-hydrogen) atoms. The second-order valence-electron chi connectivity index (χ2n) is 12.9. The van der Waals surface area contributed by atoms with Crippen molar-refractivity contribution >= 4 is 21.8 Å². The molecule has 1 N–H and O–H groups in total. The monoisotopic (exact) mass is 626 g/mol. The first-order chi connectivity index (χ1) is 25.4. The highest BCUT2D eigenvalue weighted by atomic mass is 16.3. The van der Waals surface area contributed by atoms with E-state index in [0.717, 1.165) is 55.4 Å². The zero-order valence-electron chi connectivity index (χ0n) is 31.8. The summed E-state index contributed by atoms with van der Waals surface area (Å²) < 4.78 is 43.5. The summed E-state index contributed by atoms with van der Waals surface area (Å²) in [5.74, 6) is 0.352. The van der Waals surface area contributed by atoms with Gasteiger partial charge in [0.15, 0.2) is 0 Å². The predicted octanol–water partition coefficient (Wildman–Crippen LogP) is 11.2. The van der Waals surface area contributed by atoms with E-state index in [0.29, 0.717) is 17.0 Å². The number of pyridine rings is 1. The van der Waals surface area contributed by atoms with Crippen LogP contribution in [0.1, 0.15) is 33.2 Å². The average Bonchev–Trinajstić information content (AvgIpc) is 3.55. The Morgan fingerprint density at radius 1 is 0.667 bits per heavy atom. The molecule has 2 aromatic heterocycles. The maximum atomic E-state index is 11.8. The Balaban J connectivity index is 1.40. The lowest BCUT2D eigenvalue weighted by molar-refractivity contribution is 0.477. The molecule has 232 valence electrons. The van der Waals surface area contributed by atoms with Gasteiger partial charge in [0.25, 0.3) is 0 Å². The molecule has 0 fully saturated rings. The van der Waals surface area contributed by atoms with Crippen LogP contribution in [0.5, 0.6) is 5.75 Å². The van der Waals surface area contributed by atoms with E-state index in [4.69, 9.17) is 11.8 Å². The molecule has 2 heterocycles. The van der Waals surface area contributed by atoms with Crippen LogP contribution in [0.25, 0.3) is 72.4 Å². The fourth-order valence-electron chi connectivity index (χ4n) is 6.33. The first-order valence-electron chi connectivity index (χ1n) is 18.4. The maximum Gasteiger partial charge on any atom is 0.149 e. The van der Waals surface area contributed by atoms with Crippen molar-refractivity contribution in [2.75, 3.05) is 0 Å². The standard InChI is InChI=1S/C44H35N3O/c1-44(2,3)34-26-32(25-33(27-34)38-19-9-10-24-45-38)36-18-12-21-40-42(36)46-43(47(40)39-20-11-16-30-15-7-8-17-35(30)39)37-23-22-31(28-41(37)48)29-13-5-4-6-14-29/h4-28,48H,1-3H3/i4D,5D,6D,13D,14D. The highest BCUT2D eigenvalue weighted by molar-refractivity contribution is 5.99. The van der Waals surface area contributed by atoms with Gasteiger partial charge in [-0.2, -0.15) is 0 Å². The van der Waals surface area contributed by atoms with Crippen LogP contribution in [0.2, 0.25) is 0 Å². The maximum absolute atomic E-state index is 11.8. The summed E-state index contributed by atoms with van der Waals surface area (Å²) in [4.78, 5) is 9.96. The normalized spacial score (nSPS) is 13.2. The number of imidazole rings is 1. The molecule has 4 nitrogen and oxygen atoms in total. The van der Waals surface area contributed by atoms with Crippen LogP contribution in [0.4, 0.5) is 0 Å². The minimum absolute atomic E-state index is 0.0186. The number of rotatable bonds is 5. The summed E-state index contributed by atoms with van der Waals surface area (Å²) in [5, 5.41) is 13.8. The van der Waals surface area contributed by atoms with E-state index >= 15 is 0 Å². The van der Waals surface area contributed by atoms with E-state index in [9.17, 15) is 5.11 Å². The van der Waals surface area contributed by atoms with Gasteiger partial charge < -0.3 is 5.11 Å². The number of phenolic OH excluding ortho intramolecular Hbond substituents is 1. The van der Waals surface area contributed by atoms with Gasteiger partial charge in [0.05, 0.1) is 34.8 Å². The molecule has 8 rings (SSSR count). The number of hydrogen-bond acceptors (Lipinski definition) is 3. The molecule has 6 aromatic carbocycles. The number of fused-ring (bicyclic) bond motifs is 2. The highest BCUT2D eigenvalue weighted by Gasteiger charge is 2.23.